The highest BCUT2D eigenvalue weighted by molar-refractivity contribution is 6.34. The fourth-order valence-corrected chi connectivity index (χ4v) is 12.0. The first-order valence-electron chi connectivity index (χ1n) is 32.2. The van der Waals surface area contributed by atoms with Crippen molar-refractivity contribution >= 4 is 68.8 Å². The molecule has 0 aliphatic carbocycles. The predicted octanol–water partition coefficient (Wildman–Crippen LogP) is 5.96. The number of benzene rings is 6. The van der Waals surface area contributed by atoms with Crippen molar-refractivity contribution in [2.24, 2.45) is 0 Å². The van der Waals surface area contributed by atoms with Crippen LogP contribution in [0, 0.1) is 0 Å². The van der Waals surface area contributed by atoms with E-state index in [0.29, 0.717) is 88.7 Å². The van der Waals surface area contributed by atoms with Crippen molar-refractivity contribution in [3.05, 3.63) is 153 Å². The molecule has 0 saturated heterocycles. The molecule has 0 atom stereocenters. The Balaban J connectivity index is 0.790. The van der Waals surface area contributed by atoms with Crippen LogP contribution in [0.25, 0.3) is 21.5 Å². The van der Waals surface area contributed by atoms with Crippen LogP contribution in [0.2, 0.25) is 0 Å². The van der Waals surface area contributed by atoms with Gasteiger partial charge in [-0.15, -0.1) is 0 Å². The fraction of sp³-hybridized carbons (Fsp3) is 0.429. The molecule has 15 aliphatic rings. The Bertz CT molecular complexity index is 3250. The van der Waals surface area contributed by atoms with Gasteiger partial charge in [0, 0.05) is 103 Å². The Hall–Kier alpha value is -8.48. The second kappa shape index (κ2) is 33.5. The maximum absolute atomic E-state index is 14.3. The lowest BCUT2D eigenvalue weighted by molar-refractivity contribution is -0.148. The summed E-state index contributed by atoms with van der Waals surface area (Å²) in [6.45, 7) is 4.09. The molecule has 0 fully saturated rings. The summed E-state index contributed by atoms with van der Waals surface area (Å²) in [6, 6.07) is 26.0. The van der Waals surface area contributed by atoms with Crippen LogP contribution in [0.1, 0.15) is 132 Å². The largest absolute Gasteiger partial charge is 0.491 e. The Morgan fingerprint density at radius 1 is 0.292 bits per heavy atom. The number of amides is 8. The van der Waals surface area contributed by atoms with Gasteiger partial charge in [-0.1, -0.05) is 24.3 Å². The minimum Gasteiger partial charge on any atom is -0.491 e. The molecule has 0 unspecified atom stereocenters. The molecule has 16 bridgehead atoms. The summed E-state index contributed by atoms with van der Waals surface area (Å²) in [7, 11) is 0. The van der Waals surface area contributed by atoms with E-state index in [1.807, 2.05) is 0 Å². The number of hydrogen-bond donors (Lipinski definition) is 2. The molecule has 8 amide bonds. The number of carbonyl (C=O) groups is 8. The first-order valence-corrected chi connectivity index (χ1v) is 32.2. The van der Waals surface area contributed by atoms with E-state index in [2.05, 4.69) is 0 Å². The van der Waals surface area contributed by atoms with Crippen molar-refractivity contribution < 1.29 is 105 Å². The van der Waals surface area contributed by atoms with E-state index >= 15 is 0 Å². The van der Waals surface area contributed by atoms with Gasteiger partial charge in [0.15, 0.2) is 12.6 Å². The zero-order valence-electron chi connectivity index (χ0n) is 53.0. The van der Waals surface area contributed by atoms with Crippen LogP contribution in [-0.2, 0) is 47.4 Å². The number of aliphatic hydroxyl groups is 2. The van der Waals surface area contributed by atoms with Gasteiger partial charge in [-0.25, -0.2) is 0 Å². The SMILES string of the molecule is O=C1c2ccc3c4c5ccc(c24)C(=O)N1CCCOC(c1ccc(OCCOCCOCCOCCO)cc1)OCCCN1C(=O)c2ccc4c6c(ccc(c26)C1=O)C(=O)N(CCCOC(c1ccc(OCCOCCOCCOCCO)cc1)OCCCN(C3=O)C5=O)C4=O. The first kappa shape index (κ1) is 68.9. The third-order valence-corrected chi connectivity index (χ3v) is 16.6. The Morgan fingerprint density at radius 3 is 0.719 bits per heavy atom. The van der Waals surface area contributed by atoms with Gasteiger partial charge >= 0.3 is 0 Å². The fourth-order valence-electron chi connectivity index (χ4n) is 12.0. The molecule has 96 heavy (non-hydrogen) atoms. The highest BCUT2D eigenvalue weighted by Gasteiger charge is 2.42. The van der Waals surface area contributed by atoms with Gasteiger partial charge in [0.1, 0.15) is 24.7 Å². The number of rotatable bonds is 26. The van der Waals surface area contributed by atoms with Gasteiger partial charge in [0.2, 0.25) is 0 Å². The van der Waals surface area contributed by atoms with Gasteiger partial charge < -0.3 is 67.1 Å². The van der Waals surface area contributed by atoms with Gasteiger partial charge in [-0.3, -0.25) is 58.0 Å². The number of ether oxygens (including phenoxy) is 12. The Labute approximate surface area is 552 Å². The minimum absolute atomic E-state index is 0.00506. The van der Waals surface area contributed by atoms with Crippen molar-refractivity contribution in [1.29, 1.82) is 0 Å². The minimum atomic E-state index is -1.01. The normalized spacial score (nSPS) is 18.2. The highest BCUT2D eigenvalue weighted by atomic mass is 16.7. The summed E-state index contributed by atoms with van der Waals surface area (Å²) in [5.41, 5.74) is 2.43. The van der Waals surface area contributed by atoms with Crippen LogP contribution in [0.5, 0.6) is 11.5 Å². The number of carbonyl (C=O) groups excluding carboxylic acids is 8. The molecule has 6 aromatic rings. The van der Waals surface area contributed by atoms with E-state index in [-0.39, 0.29) is 184 Å². The third kappa shape index (κ3) is 15.7. The smallest absolute Gasteiger partial charge is 0.261 e. The molecular weight excluding hydrogens is 1250 g/mol. The number of imide groups is 4. The van der Waals surface area contributed by atoms with Crippen molar-refractivity contribution in [2.45, 2.75) is 38.3 Å². The molecule has 0 aromatic heterocycles. The summed E-state index contributed by atoms with van der Waals surface area (Å²) >= 11 is 0. The topological polar surface area (TPSA) is 301 Å². The van der Waals surface area contributed by atoms with Crippen molar-refractivity contribution in [3.63, 3.8) is 0 Å². The predicted molar refractivity (Wildman–Crippen MR) is 340 cm³/mol. The lowest BCUT2D eigenvalue weighted by atomic mass is 9.86. The van der Waals surface area contributed by atoms with E-state index in [4.69, 9.17) is 67.1 Å². The van der Waals surface area contributed by atoms with Crippen LogP contribution in [0.3, 0.4) is 0 Å². The maximum Gasteiger partial charge on any atom is 0.261 e. The molecule has 508 valence electrons. The molecule has 0 radical (unpaired) electrons. The molecule has 0 saturated carbocycles. The second-order valence-corrected chi connectivity index (χ2v) is 22.7. The van der Waals surface area contributed by atoms with Gasteiger partial charge in [0.05, 0.1) is 119 Å². The number of hydrogen-bond acceptors (Lipinski definition) is 22. The summed E-state index contributed by atoms with van der Waals surface area (Å²) in [6.07, 6.45) is -1.35. The Kier molecular flexibility index (Phi) is 24.0. The molecule has 6 aromatic carbocycles. The molecule has 2 N–H and O–H groups in total. The number of aliphatic hydroxyl groups excluding tert-OH is 2. The highest BCUT2D eigenvalue weighted by Crippen LogP contribution is 2.40. The number of nitrogens with zero attached hydrogens (tertiary/aromatic N) is 4. The molecule has 26 heteroatoms. The standard InChI is InChI=1S/C70H76N4O22/c75-25-31-85-33-35-87-37-39-89-41-43-91-47-9-5-45(6-10-47)69-93-27-1-21-71-61(77)49-13-15-51-58-52(16-14-50(57(49)58)62(71)78)64(80)73(63(51)79)23-3-29-95-70(46-7-11-48(12-8-46)92-44-42-90-40-38-88-36-34-86-32-26-76)96-30-4-24-74-67(83)55-19-17-53-59-54(18-20-56(60(55)59)68(74)84)66(82)72(65(53)81)22-2-28-94-69/h5-20,69-70,75-76H,1-4,21-44H2. The zero-order chi connectivity index (χ0) is 66.9. The van der Waals surface area contributed by atoms with Crippen LogP contribution < -0.4 is 9.47 Å². The van der Waals surface area contributed by atoms with E-state index in [1.165, 1.54) is 48.5 Å². The van der Waals surface area contributed by atoms with Crippen LogP contribution in [0.4, 0.5) is 0 Å². The summed E-state index contributed by atoms with van der Waals surface area (Å²) in [5, 5.41) is 18.5. The second-order valence-electron chi connectivity index (χ2n) is 22.7. The monoisotopic (exact) mass is 1320 g/mol. The maximum atomic E-state index is 14.3. The van der Waals surface area contributed by atoms with Gasteiger partial charge in [0.25, 0.3) is 47.3 Å². The van der Waals surface area contributed by atoms with Crippen molar-refractivity contribution in [3.8, 4) is 11.5 Å². The van der Waals surface area contributed by atoms with Gasteiger partial charge in [-0.05, 0) is 98.5 Å². The quantitative estimate of drug-likeness (QED) is 0.0468. The van der Waals surface area contributed by atoms with Gasteiger partial charge in [-0.2, -0.15) is 0 Å². The third-order valence-electron chi connectivity index (χ3n) is 16.6. The van der Waals surface area contributed by atoms with Crippen molar-refractivity contribution in [1.82, 2.24) is 19.6 Å². The van der Waals surface area contributed by atoms with Crippen LogP contribution in [0.15, 0.2) is 97.1 Å². The summed E-state index contributed by atoms with van der Waals surface area (Å²) in [4.78, 5) is 119. The van der Waals surface area contributed by atoms with Crippen molar-refractivity contribution in [2.75, 3.05) is 158 Å². The molecule has 21 rings (SSSR count). The summed E-state index contributed by atoms with van der Waals surface area (Å²) < 4.78 is 69.7. The van der Waals surface area contributed by atoms with E-state index in [9.17, 15) is 38.4 Å². The molecule has 26 nitrogen and oxygen atoms in total. The Morgan fingerprint density at radius 2 is 0.500 bits per heavy atom. The first-order chi connectivity index (χ1) is 47.0. The van der Waals surface area contributed by atoms with E-state index in [1.54, 1.807) is 48.5 Å². The van der Waals surface area contributed by atoms with E-state index in [0.717, 1.165) is 19.6 Å². The average molecular weight is 1330 g/mol. The molecular formula is C70H76N4O22. The lowest BCUT2D eigenvalue weighted by Gasteiger charge is -2.32. The lowest BCUT2D eigenvalue weighted by Crippen LogP contribution is -2.44. The molecule has 15 aliphatic heterocycles. The van der Waals surface area contributed by atoms with Crippen LogP contribution >= 0.6 is 0 Å². The molecule has 15 heterocycles. The zero-order valence-corrected chi connectivity index (χ0v) is 53.0. The molecule has 0 spiro atoms. The average Bonchev–Trinajstić information content (AvgIpc) is 0.722. The van der Waals surface area contributed by atoms with Crippen LogP contribution in [-0.4, -0.2) is 235 Å². The summed E-state index contributed by atoms with van der Waals surface area (Å²) in [5.74, 6) is -3.75. The van der Waals surface area contributed by atoms with E-state index < -0.39 is 59.8 Å².